The van der Waals surface area contributed by atoms with Gasteiger partial charge in [0.15, 0.2) is 0 Å². The van der Waals surface area contributed by atoms with Crippen LogP contribution < -0.4 is 5.32 Å². The average molecular weight is 234 g/mol. The van der Waals surface area contributed by atoms with Gasteiger partial charge in [0.1, 0.15) is 5.82 Å². The second-order valence-electron chi connectivity index (χ2n) is 2.74. The highest BCUT2D eigenvalue weighted by molar-refractivity contribution is 6.30. The first-order valence-electron chi connectivity index (χ1n) is 4.14. The molecule has 76 valence electrons. The van der Waals surface area contributed by atoms with Crippen molar-refractivity contribution in [3.05, 3.63) is 46.2 Å². The molecule has 1 rings (SSSR count). The third-order valence-corrected chi connectivity index (χ3v) is 2.13. The molecule has 0 radical (unpaired) electrons. The van der Waals surface area contributed by atoms with E-state index in [9.17, 15) is 4.39 Å². The Morgan fingerprint density at radius 1 is 1.43 bits per heavy atom. The van der Waals surface area contributed by atoms with Crippen molar-refractivity contribution in [2.75, 3.05) is 6.54 Å². The topological polar surface area (TPSA) is 12.0 Å². The average Bonchev–Trinajstić information content (AvgIpc) is 2.18. The van der Waals surface area contributed by atoms with Crippen molar-refractivity contribution in [3.63, 3.8) is 0 Å². The van der Waals surface area contributed by atoms with Crippen LogP contribution in [0.3, 0.4) is 0 Å². The fraction of sp³-hybridized carbons (Fsp3) is 0.200. The molecule has 1 aromatic rings. The zero-order valence-electron chi connectivity index (χ0n) is 7.43. The minimum absolute atomic E-state index is 0.150. The fourth-order valence-corrected chi connectivity index (χ4v) is 1.29. The first kappa shape index (κ1) is 11.5. The maximum absolute atomic E-state index is 12.8. The zero-order chi connectivity index (χ0) is 10.4. The van der Waals surface area contributed by atoms with E-state index in [-0.39, 0.29) is 5.02 Å². The van der Waals surface area contributed by atoms with Gasteiger partial charge in [-0.25, -0.2) is 4.39 Å². The molecule has 0 saturated carbocycles. The Morgan fingerprint density at radius 3 is 2.86 bits per heavy atom. The standard InChI is InChI=1S/C10H10Cl2FN/c11-4-1-5-14-7-8-2-3-10(13)9(12)6-8/h1-4,6,14H,5,7H2/b4-1+. The third kappa shape index (κ3) is 3.66. The van der Waals surface area contributed by atoms with E-state index >= 15 is 0 Å². The predicted molar refractivity (Wildman–Crippen MR) is 58.1 cm³/mol. The van der Waals surface area contributed by atoms with Gasteiger partial charge >= 0.3 is 0 Å². The highest BCUT2D eigenvalue weighted by atomic mass is 35.5. The zero-order valence-corrected chi connectivity index (χ0v) is 8.95. The van der Waals surface area contributed by atoms with Crippen molar-refractivity contribution in [2.24, 2.45) is 0 Å². The Morgan fingerprint density at radius 2 is 2.21 bits per heavy atom. The van der Waals surface area contributed by atoms with Crippen molar-refractivity contribution in [2.45, 2.75) is 6.54 Å². The van der Waals surface area contributed by atoms with Crippen LogP contribution in [-0.4, -0.2) is 6.54 Å². The van der Waals surface area contributed by atoms with Crippen molar-refractivity contribution >= 4 is 23.2 Å². The van der Waals surface area contributed by atoms with Crippen LogP contribution in [0.25, 0.3) is 0 Å². The highest BCUT2D eigenvalue weighted by Gasteiger charge is 1.99. The van der Waals surface area contributed by atoms with Crippen LogP contribution in [0, 0.1) is 5.82 Å². The van der Waals surface area contributed by atoms with E-state index in [0.29, 0.717) is 13.1 Å². The van der Waals surface area contributed by atoms with Gasteiger partial charge < -0.3 is 5.32 Å². The molecule has 4 heteroatoms. The molecule has 0 aromatic heterocycles. The van der Waals surface area contributed by atoms with Gasteiger partial charge in [0.25, 0.3) is 0 Å². The maximum atomic E-state index is 12.8. The molecule has 1 nitrogen and oxygen atoms in total. The van der Waals surface area contributed by atoms with Crippen LogP contribution in [0.5, 0.6) is 0 Å². The van der Waals surface area contributed by atoms with Crippen molar-refractivity contribution < 1.29 is 4.39 Å². The van der Waals surface area contributed by atoms with Gasteiger partial charge in [-0.15, -0.1) is 0 Å². The minimum Gasteiger partial charge on any atom is -0.309 e. The van der Waals surface area contributed by atoms with Gasteiger partial charge in [-0.3, -0.25) is 0 Å². The molecule has 0 saturated heterocycles. The van der Waals surface area contributed by atoms with Gasteiger partial charge in [0, 0.05) is 18.6 Å². The Hall–Kier alpha value is -0.570. The second kappa shape index (κ2) is 6.02. The van der Waals surface area contributed by atoms with Crippen LogP contribution in [0.2, 0.25) is 5.02 Å². The van der Waals surface area contributed by atoms with E-state index in [2.05, 4.69) is 5.32 Å². The van der Waals surface area contributed by atoms with E-state index in [4.69, 9.17) is 23.2 Å². The molecule has 0 aliphatic carbocycles. The summed E-state index contributed by atoms with van der Waals surface area (Å²) in [5.74, 6) is -0.393. The van der Waals surface area contributed by atoms with Gasteiger partial charge in [0.2, 0.25) is 0 Å². The molecule has 0 aliphatic heterocycles. The normalized spacial score (nSPS) is 11.1. The summed E-state index contributed by atoms with van der Waals surface area (Å²) in [5, 5.41) is 3.25. The lowest BCUT2D eigenvalue weighted by molar-refractivity contribution is 0.626. The molecule has 0 bridgehead atoms. The molecule has 1 N–H and O–H groups in total. The molecule has 0 unspecified atom stereocenters. The van der Waals surface area contributed by atoms with Crippen molar-refractivity contribution in [1.29, 1.82) is 0 Å². The van der Waals surface area contributed by atoms with Gasteiger partial charge in [-0.2, -0.15) is 0 Å². The predicted octanol–water partition coefficient (Wildman–Crippen LogP) is 3.32. The molecule has 0 aliphatic rings. The Bertz CT molecular complexity index is 326. The maximum Gasteiger partial charge on any atom is 0.141 e. The largest absolute Gasteiger partial charge is 0.309 e. The molecule has 0 spiro atoms. The number of halogens is 3. The fourth-order valence-electron chi connectivity index (χ4n) is 0.994. The summed E-state index contributed by atoms with van der Waals surface area (Å²) >= 11 is 11.0. The molecular formula is C10H10Cl2FN. The van der Waals surface area contributed by atoms with Crippen molar-refractivity contribution in [1.82, 2.24) is 5.32 Å². The summed E-state index contributed by atoms with van der Waals surface area (Å²) in [6.45, 7) is 1.32. The lowest BCUT2D eigenvalue weighted by atomic mass is 10.2. The minimum atomic E-state index is -0.393. The van der Waals surface area contributed by atoms with E-state index < -0.39 is 5.82 Å². The Balaban J connectivity index is 2.47. The lowest BCUT2D eigenvalue weighted by Gasteiger charge is -2.02. The SMILES string of the molecule is Fc1ccc(CNC/C=C/Cl)cc1Cl. The van der Waals surface area contributed by atoms with Crippen LogP contribution in [0.1, 0.15) is 5.56 Å². The Kier molecular flexibility index (Phi) is 4.94. The quantitative estimate of drug-likeness (QED) is 0.788. The van der Waals surface area contributed by atoms with Gasteiger partial charge in [0.05, 0.1) is 5.02 Å². The number of rotatable bonds is 4. The molecular weight excluding hydrogens is 224 g/mol. The van der Waals surface area contributed by atoms with Gasteiger partial charge in [-0.1, -0.05) is 35.3 Å². The molecule has 0 atom stereocenters. The number of hydrogen-bond donors (Lipinski definition) is 1. The summed E-state index contributed by atoms with van der Waals surface area (Å²) in [4.78, 5) is 0. The van der Waals surface area contributed by atoms with Crippen LogP contribution >= 0.6 is 23.2 Å². The van der Waals surface area contributed by atoms with Crippen molar-refractivity contribution in [3.8, 4) is 0 Å². The first-order chi connectivity index (χ1) is 6.74. The van der Waals surface area contributed by atoms with Gasteiger partial charge in [-0.05, 0) is 17.7 Å². The molecule has 0 heterocycles. The first-order valence-corrected chi connectivity index (χ1v) is 4.95. The summed E-state index contributed by atoms with van der Waals surface area (Å²) in [5.41, 5.74) is 2.39. The highest BCUT2D eigenvalue weighted by Crippen LogP contribution is 2.15. The van der Waals surface area contributed by atoms with Crippen LogP contribution in [-0.2, 0) is 6.54 Å². The van der Waals surface area contributed by atoms with E-state index in [0.717, 1.165) is 5.56 Å². The summed E-state index contributed by atoms with van der Waals surface area (Å²) in [6, 6.07) is 4.66. The Labute approximate surface area is 92.5 Å². The lowest BCUT2D eigenvalue weighted by Crippen LogP contribution is -2.12. The third-order valence-electron chi connectivity index (χ3n) is 1.66. The van der Waals surface area contributed by atoms with Crippen LogP contribution in [0.15, 0.2) is 29.8 Å². The van der Waals surface area contributed by atoms with E-state index in [1.807, 2.05) is 0 Å². The van der Waals surface area contributed by atoms with E-state index in [1.54, 1.807) is 18.2 Å². The summed E-state index contributed by atoms with van der Waals surface area (Å²) in [7, 11) is 0. The molecule has 0 amide bonds. The molecule has 14 heavy (non-hydrogen) atoms. The second-order valence-corrected chi connectivity index (χ2v) is 3.40. The summed E-state index contributed by atoms with van der Waals surface area (Å²) in [6.07, 6.45) is 1.78. The number of nitrogens with one attached hydrogen (secondary N) is 1. The molecule has 0 fully saturated rings. The number of benzene rings is 1. The van der Waals surface area contributed by atoms with Crippen LogP contribution in [0.4, 0.5) is 4.39 Å². The monoisotopic (exact) mass is 233 g/mol. The smallest absolute Gasteiger partial charge is 0.141 e. The summed E-state index contributed by atoms with van der Waals surface area (Å²) < 4.78 is 12.8. The molecule has 1 aromatic carbocycles. The van der Waals surface area contributed by atoms with E-state index in [1.165, 1.54) is 11.6 Å². The number of hydrogen-bond acceptors (Lipinski definition) is 1.